The van der Waals surface area contributed by atoms with Gasteiger partial charge in [-0.2, -0.15) is 0 Å². The standard InChI is InChI=1S/C20H25NO2/c1-15-7-6-10-18(13-15)12-11-16(2)21-19(20(22)23)14-17-8-4-3-5-9-17/h3-10,13,16,19,21H,11-12,14H2,1-2H3,(H,22,23)/t16?,19-/m1/s1. The fourth-order valence-electron chi connectivity index (χ4n) is 2.74. The highest BCUT2D eigenvalue weighted by Gasteiger charge is 2.19. The maximum Gasteiger partial charge on any atom is 0.321 e. The number of carbonyl (C=O) groups is 1. The summed E-state index contributed by atoms with van der Waals surface area (Å²) in [4.78, 5) is 11.5. The molecule has 2 rings (SSSR count). The number of carboxylic acids is 1. The molecule has 0 aromatic heterocycles. The minimum Gasteiger partial charge on any atom is -0.480 e. The SMILES string of the molecule is Cc1cccc(CCC(C)N[C@H](Cc2ccccc2)C(=O)O)c1. The van der Waals surface area contributed by atoms with Gasteiger partial charge in [0.1, 0.15) is 6.04 Å². The van der Waals surface area contributed by atoms with Crippen LogP contribution in [0.25, 0.3) is 0 Å². The van der Waals surface area contributed by atoms with E-state index in [1.165, 1.54) is 11.1 Å². The summed E-state index contributed by atoms with van der Waals surface area (Å²) in [7, 11) is 0. The molecule has 0 radical (unpaired) electrons. The topological polar surface area (TPSA) is 49.3 Å². The van der Waals surface area contributed by atoms with E-state index in [2.05, 4.69) is 43.4 Å². The van der Waals surface area contributed by atoms with E-state index in [-0.39, 0.29) is 6.04 Å². The number of aliphatic carboxylic acids is 1. The van der Waals surface area contributed by atoms with Crippen molar-refractivity contribution in [1.82, 2.24) is 5.32 Å². The van der Waals surface area contributed by atoms with Gasteiger partial charge in [0.2, 0.25) is 0 Å². The lowest BCUT2D eigenvalue weighted by Crippen LogP contribution is -2.43. The predicted molar refractivity (Wildman–Crippen MR) is 93.7 cm³/mol. The van der Waals surface area contributed by atoms with Crippen LogP contribution < -0.4 is 5.32 Å². The predicted octanol–water partition coefficient (Wildman–Crippen LogP) is 3.60. The smallest absolute Gasteiger partial charge is 0.321 e. The molecule has 0 aliphatic rings. The maximum absolute atomic E-state index is 11.5. The Labute approximate surface area is 138 Å². The second-order valence-corrected chi connectivity index (χ2v) is 6.18. The Hall–Kier alpha value is -2.13. The second-order valence-electron chi connectivity index (χ2n) is 6.18. The zero-order valence-electron chi connectivity index (χ0n) is 13.8. The summed E-state index contributed by atoms with van der Waals surface area (Å²) in [6.07, 6.45) is 2.38. The Kier molecular flexibility index (Phi) is 6.36. The van der Waals surface area contributed by atoms with Gasteiger partial charge in [0.25, 0.3) is 0 Å². The van der Waals surface area contributed by atoms with Crippen LogP contribution in [0.2, 0.25) is 0 Å². The molecule has 0 saturated heterocycles. The van der Waals surface area contributed by atoms with Gasteiger partial charge in [0.15, 0.2) is 0 Å². The molecule has 2 N–H and O–H groups in total. The third kappa shape index (κ3) is 5.87. The molecule has 1 unspecified atom stereocenters. The largest absolute Gasteiger partial charge is 0.480 e. The van der Waals surface area contributed by atoms with Crippen molar-refractivity contribution in [3.05, 3.63) is 71.3 Å². The summed E-state index contributed by atoms with van der Waals surface area (Å²) >= 11 is 0. The van der Waals surface area contributed by atoms with Crippen LogP contribution >= 0.6 is 0 Å². The highest BCUT2D eigenvalue weighted by atomic mass is 16.4. The number of hydrogen-bond donors (Lipinski definition) is 2. The van der Waals surface area contributed by atoms with Crippen molar-refractivity contribution in [3.63, 3.8) is 0 Å². The van der Waals surface area contributed by atoms with E-state index in [1.54, 1.807) is 0 Å². The molecule has 3 nitrogen and oxygen atoms in total. The molecule has 122 valence electrons. The molecule has 0 aliphatic carbocycles. The van der Waals surface area contributed by atoms with Gasteiger partial charge in [-0.05, 0) is 44.2 Å². The molecule has 2 aromatic carbocycles. The minimum atomic E-state index is -0.795. The van der Waals surface area contributed by atoms with Crippen molar-refractivity contribution in [2.75, 3.05) is 0 Å². The van der Waals surface area contributed by atoms with E-state index >= 15 is 0 Å². The summed E-state index contributed by atoms with van der Waals surface area (Å²) < 4.78 is 0. The molecule has 0 fully saturated rings. The van der Waals surface area contributed by atoms with Crippen LogP contribution in [0, 0.1) is 6.92 Å². The zero-order chi connectivity index (χ0) is 16.7. The quantitative estimate of drug-likeness (QED) is 0.783. The monoisotopic (exact) mass is 311 g/mol. The highest BCUT2D eigenvalue weighted by Crippen LogP contribution is 2.10. The average Bonchev–Trinajstić information content (AvgIpc) is 2.53. The number of carboxylic acid groups (broad SMARTS) is 1. The molecule has 0 heterocycles. The molecule has 0 spiro atoms. The Balaban J connectivity index is 1.88. The third-order valence-electron chi connectivity index (χ3n) is 4.01. The summed E-state index contributed by atoms with van der Waals surface area (Å²) in [6.45, 7) is 4.14. The van der Waals surface area contributed by atoms with Crippen molar-refractivity contribution in [3.8, 4) is 0 Å². The first kappa shape index (κ1) is 17.2. The normalized spacial score (nSPS) is 13.5. The zero-order valence-corrected chi connectivity index (χ0v) is 13.8. The third-order valence-corrected chi connectivity index (χ3v) is 4.01. The maximum atomic E-state index is 11.5. The first-order chi connectivity index (χ1) is 11.0. The number of nitrogens with one attached hydrogen (secondary N) is 1. The van der Waals surface area contributed by atoms with Crippen molar-refractivity contribution in [1.29, 1.82) is 0 Å². The van der Waals surface area contributed by atoms with E-state index < -0.39 is 12.0 Å². The molecule has 2 atom stereocenters. The molecule has 0 amide bonds. The fraction of sp³-hybridized carbons (Fsp3) is 0.350. The number of rotatable bonds is 8. The van der Waals surface area contributed by atoms with Crippen LogP contribution in [0.15, 0.2) is 54.6 Å². The Morgan fingerprint density at radius 2 is 1.78 bits per heavy atom. The van der Waals surface area contributed by atoms with E-state index in [0.717, 1.165) is 18.4 Å². The molecule has 23 heavy (non-hydrogen) atoms. The first-order valence-electron chi connectivity index (χ1n) is 8.13. The van der Waals surface area contributed by atoms with E-state index in [4.69, 9.17) is 0 Å². The lowest BCUT2D eigenvalue weighted by Gasteiger charge is -2.20. The second kappa shape index (κ2) is 8.49. The number of benzene rings is 2. The molecule has 2 aromatic rings. The van der Waals surface area contributed by atoms with Crippen molar-refractivity contribution in [2.45, 2.75) is 45.2 Å². The Bertz CT molecular complexity index is 625. The van der Waals surface area contributed by atoms with Gasteiger partial charge in [0.05, 0.1) is 0 Å². The number of hydrogen-bond acceptors (Lipinski definition) is 2. The van der Waals surface area contributed by atoms with Crippen LogP contribution in [-0.4, -0.2) is 23.2 Å². The summed E-state index contributed by atoms with van der Waals surface area (Å²) in [5, 5.41) is 12.7. The van der Waals surface area contributed by atoms with Gasteiger partial charge in [-0.1, -0.05) is 60.2 Å². The van der Waals surface area contributed by atoms with Gasteiger partial charge in [-0.25, -0.2) is 0 Å². The van der Waals surface area contributed by atoms with Gasteiger partial charge in [0, 0.05) is 6.04 Å². The van der Waals surface area contributed by atoms with Gasteiger partial charge in [-0.3, -0.25) is 4.79 Å². The molecular weight excluding hydrogens is 286 g/mol. The molecular formula is C20H25NO2. The van der Waals surface area contributed by atoms with Crippen LogP contribution in [0.4, 0.5) is 0 Å². The lowest BCUT2D eigenvalue weighted by molar-refractivity contribution is -0.139. The minimum absolute atomic E-state index is 0.153. The lowest BCUT2D eigenvalue weighted by atomic mass is 10.0. The first-order valence-corrected chi connectivity index (χ1v) is 8.13. The van der Waals surface area contributed by atoms with E-state index in [9.17, 15) is 9.90 Å². The molecule has 0 aliphatic heterocycles. The van der Waals surface area contributed by atoms with E-state index in [1.807, 2.05) is 30.3 Å². The van der Waals surface area contributed by atoms with Crippen LogP contribution in [0.5, 0.6) is 0 Å². The van der Waals surface area contributed by atoms with Crippen molar-refractivity contribution < 1.29 is 9.90 Å². The van der Waals surface area contributed by atoms with Crippen LogP contribution in [0.3, 0.4) is 0 Å². The number of aryl methyl sites for hydroxylation is 2. The summed E-state index contributed by atoms with van der Waals surface area (Å²) in [6, 6.07) is 17.8. The molecule has 3 heteroatoms. The van der Waals surface area contributed by atoms with E-state index in [0.29, 0.717) is 6.42 Å². The van der Waals surface area contributed by atoms with Gasteiger partial charge in [-0.15, -0.1) is 0 Å². The van der Waals surface area contributed by atoms with Crippen molar-refractivity contribution >= 4 is 5.97 Å². The highest BCUT2D eigenvalue weighted by molar-refractivity contribution is 5.74. The Morgan fingerprint density at radius 3 is 2.43 bits per heavy atom. The average molecular weight is 311 g/mol. The van der Waals surface area contributed by atoms with Gasteiger partial charge < -0.3 is 10.4 Å². The summed E-state index contributed by atoms with van der Waals surface area (Å²) in [5.41, 5.74) is 3.60. The van der Waals surface area contributed by atoms with Crippen LogP contribution in [-0.2, 0) is 17.6 Å². The molecule has 0 bridgehead atoms. The Morgan fingerprint density at radius 1 is 1.09 bits per heavy atom. The molecule has 0 saturated carbocycles. The van der Waals surface area contributed by atoms with Crippen LogP contribution in [0.1, 0.15) is 30.0 Å². The fourth-order valence-corrected chi connectivity index (χ4v) is 2.74. The summed E-state index contributed by atoms with van der Waals surface area (Å²) in [5.74, 6) is -0.795. The van der Waals surface area contributed by atoms with Crippen molar-refractivity contribution in [2.24, 2.45) is 0 Å². The van der Waals surface area contributed by atoms with Gasteiger partial charge >= 0.3 is 5.97 Å².